The molecule has 2 aromatic heterocycles. The highest BCUT2D eigenvalue weighted by atomic mass is 32.2. The molecule has 0 atom stereocenters. The summed E-state index contributed by atoms with van der Waals surface area (Å²) in [5.74, 6) is 0.982. The molecule has 0 aliphatic carbocycles. The van der Waals surface area contributed by atoms with Gasteiger partial charge in [0.2, 0.25) is 0 Å². The monoisotopic (exact) mass is 202 g/mol. The highest BCUT2D eigenvalue weighted by Gasteiger charge is 2.08. The molecular weight excluding hydrogens is 192 g/mol. The number of fused-ring (bicyclic) bond motifs is 1. The molecular formula is C11H10N2S. The van der Waals surface area contributed by atoms with E-state index < -0.39 is 0 Å². The fourth-order valence-corrected chi connectivity index (χ4v) is 2.30. The van der Waals surface area contributed by atoms with Gasteiger partial charge in [-0.2, -0.15) is 5.26 Å². The summed E-state index contributed by atoms with van der Waals surface area (Å²) >= 11 is 1.70. The van der Waals surface area contributed by atoms with Crippen LogP contribution in [0.1, 0.15) is 12.5 Å². The van der Waals surface area contributed by atoms with Gasteiger partial charge in [-0.1, -0.05) is 13.0 Å². The Kier molecular flexibility index (Phi) is 2.47. The molecule has 2 aromatic rings. The van der Waals surface area contributed by atoms with E-state index in [1.807, 2.05) is 30.5 Å². The normalized spacial score (nSPS) is 10.3. The third-order valence-electron chi connectivity index (χ3n) is 2.03. The van der Waals surface area contributed by atoms with Crippen LogP contribution in [0.5, 0.6) is 0 Å². The van der Waals surface area contributed by atoms with Gasteiger partial charge in [0.1, 0.15) is 6.07 Å². The molecule has 0 N–H and O–H groups in total. The van der Waals surface area contributed by atoms with Crippen molar-refractivity contribution in [2.75, 3.05) is 5.75 Å². The molecule has 0 radical (unpaired) electrons. The number of nitriles is 1. The van der Waals surface area contributed by atoms with Crippen LogP contribution in [-0.4, -0.2) is 10.2 Å². The Balaban J connectivity index is 2.69. The van der Waals surface area contributed by atoms with E-state index in [4.69, 9.17) is 5.26 Å². The van der Waals surface area contributed by atoms with Crippen LogP contribution in [0, 0.1) is 11.3 Å². The number of aromatic nitrogens is 1. The van der Waals surface area contributed by atoms with Gasteiger partial charge in [0.05, 0.1) is 10.6 Å². The summed E-state index contributed by atoms with van der Waals surface area (Å²) in [6, 6.07) is 10.1. The highest BCUT2D eigenvalue weighted by Crippen LogP contribution is 2.25. The zero-order valence-corrected chi connectivity index (χ0v) is 8.71. The Morgan fingerprint density at radius 2 is 2.36 bits per heavy atom. The van der Waals surface area contributed by atoms with E-state index in [0.717, 1.165) is 21.9 Å². The highest BCUT2D eigenvalue weighted by molar-refractivity contribution is 7.99. The van der Waals surface area contributed by atoms with E-state index >= 15 is 0 Å². The van der Waals surface area contributed by atoms with Crippen LogP contribution in [0.2, 0.25) is 0 Å². The predicted molar refractivity (Wildman–Crippen MR) is 58.5 cm³/mol. The molecule has 0 fully saturated rings. The topological polar surface area (TPSA) is 28.2 Å². The maximum absolute atomic E-state index is 8.97. The molecule has 2 rings (SSSR count). The van der Waals surface area contributed by atoms with Crippen LogP contribution in [0.3, 0.4) is 0 Å². The van der Waals surface area contributed by atoms with E-state index in [9.17, 15) is 0 Å². The molecule has 2 heterocycles. The number of rotatable bonds is 2. The molecule has 0 saturated heterocycles. The quantitative estimate of drug-likeness (QED) is 0.700. The SMILES string of the molecule is CCSc1c(C#N)cc2ccccn12. The summed E-state index contributed by atoms with van der Waals surface area (Å²) in [6.07, 6.45) is 1.99. The van der Waals surface area contributed by atoms with Crippen LogP contribution in [0.4, 0.5) is 0 Å². The third-order valence-corrected chi connectivity index (χ3v) is 3.01. The van der Waals surface area contributed by atoms with Crippen LogP contribution < -0.4 is 0 Å². The minimum absolute atomic E-state index is 0.767. The Morgan fingerprint density at radius 1 is 1.50 bits per heavy atom. The fraction of sp³-hybridized carbons (Fsp3) is 0.182. The maximum atomic E-state index is 8.97. The van der Waals surface area contributed by atoms with Crippen molar-refractivity contribution in [3.63, 3.8) is 0 Å². The van der Waals surface area contributed by atoms with Crippen molar-refractivity contribution in [1.29, 1.82) is 5.26 Å². The Morgan fingerprint density at radius 3 is 3.07 bits per heavy atom. The second kappa shape index (κ2) is 3.77. The summed E-state index contributed by atoms with van der Waals surface area (Å²) in [5, 5.41) is 10.0. The minimum Gasteiger partial charge on any atom is -0.311 e. The second-order valence-corrected chi connectivity index (χ2v) is 4.16. The first kappa shape index (κ1) is 9.17. The zero-order valence-electron chi connectivity index (χ0n) is 7.90. The first-order valence-electron chi connectivity index (χ1n) is 4.49. The van der Waals surface area contributed by atoms with Crippen molar-refractivity contribution < 1.29 is 0 Å². The van der Waals surface area contributed by atoms with Crippen LogP contribution >= 0.6 is 11.8 Å². The third kappa shape index (κ3) is 1.38. The average Bonchev–Trinajstić information content (AvgIpc) is 2.58. The van der Waals surface area contributed by atoms with Crippen molar-refractivity contribution in [3.05, 3.63) is 36.0 Å². The van der Waals surface area contributed by atoms with Gasteiger partial charge in [-0.3, -0.25) is 0 Å². The molecule has 0 saturated carbocycles. The largest absolute Gasteiger partial charge is 0.311 e. The zero-order chi connectivity index (χ0) is 9.97. The molecule has 0 unspecified atom stereocenters. The summed E-state index contributed by atoms with van der Waals surface area (Å²) < 4.78 is 2.06. The van der Waals surface area contributed by atoms with Gasteiger partial charge in [-0.25, -0.2) is 0 Å². The molecule has 0 spiro atoms. The lowest BCUT2D eigenvalue weighted by molar-refractivity contribution is 1.04. The molecule has 2 nitrogen and oxygen atoms in total. The van der Waals surface area contributed by atoms with Crippen molar-refractivity contribution in [1.82, 2.24) is 4.40 Å². The lowest BCUT2D eigenvalue weighted by Gasteiger charge is -1.99. The number of nitrogens with zero attached hydrogens (tertiary/aromatic N) is 2. The van der Waals surface area contributed by atoms with Crippen molar-refractivity contribution in [2.45, 2.75) is 11.9 Å². The Hall–Kier alpha value is -1.40. The van der Waals surface area contributed by atoms with E-state index in [1.165, 1.54) is 0 Å². The molecule has 0 aliphatic rings. The van der Waals surface area contributed by atoms with E-state index in [1.54, 1.807) is 11.8 Å². The molecule has 0 bridgehead atoms. The lowest BCUT2D eigenvalue weighted by atomic mass is 10.3. The molecule has 0 aromatic carbocycles. The van der Waals surface area contributed by atoms with Crippen molar-refractivity contribution in [3.8, 4) is 6.07 Å². The molecule has 70 valence electrons. The van der Waals surface area contributed by atoms with Crippen molar-refractivity contribution >= 4 is 17.3 Å². The number of thioether (sulfide) groups is 1. The average molecular weight is 202 g/mol. The Bertz CT molecular complexity index is 493. The van der Waals surface area contributed by atoms with Crippen LogP contribution in [0.25, 0.3) is 5.52 Å². The van der Waals surface area contributed by atoms with Gasteiger partial charge in [0.15, 0.2) is 0 Å². The standard InChI is InChI=1S/C11H10N2S/c1-2-14-11-9(8-12)7-10-5-3-4-6-13(10)11/h3-7H,2H2,1H3. The summed E-state index contributed by atoms with van der Waals surface area (Å²) in [5.41, 5.74) is 1.85. The number of pyridine rings is 1. The van der Waals surface area contributed by atoms with Gasteiger partial charge in [0, 0.05) is 11.7 Å². The maximum Gasteiger partial charge on any atom is 0.102 e. The summed E-state index contributed by atoms with van der Waals surface area (Å²) in [6.45, 7) is 2.09. The smallest absolute Gasteiger partial charge is 0.102 e. The number of hydrogen-bond donors (Lipinski definition) is 0. The fourth-order valence-electron chi connectivity index (χ4n) is 1.46. The molecule has 3 heteroatoms. The summed E-state index contributed by atoms with van der Waals surface area (Å²) in [7, 11) is 0. The minimum atomic E-state index is 0.767. The van der Waals surface area contributed by atoms with Gasteiger partial charge in [-0.15, -0.1) is 11.8 Å². The van der Waals surface area contributed by atoms with Gasteiger partial charge >= 0.3 is 0 Å². The van der Waals surface area contributed by atoms with Gasteiger partial charge < -0.3 is 4.40 Å². The van der Waals surface area contributed by atoms with Crippen LogP contribution in [0.15, 0.2) is 35.5 Å². The molecule has 14 heavy (non-hydrogen) atoms. The van der Waals surface area contributed by atoms with Gasteiger partial charge in [0.25, 0.3) is 0 Å². The van der Waals surface area contributed by atoms with Crippen LogP contribution in [-0.2, 0) is 0 Å². The first-order chi connectivity index (χ1) is 6.86. The lowest BCUT2D eigenvalue weighted by Crippen LogP contribution is -1.86. The van der Waals surface area contributed by atoms with Gasteiger partial charge in [-0.05, 0) is 24.0 Å². The summed E-state index contributed by atoms with van der Waals surface area (Å²) in [4.78, 5) is 0. The second-order valence-electron chi connectivity index (χ2n) is 2.90. The Labute approximate surface area is 87.2 Å². The predicted octanol–water partition coefficient (Wildman–Crippen LogP) is 2.92. The first-order valence-corrected chi connectivity index (χ1v) is 5.48. The van der Waals surface area contributed by atoms with E-state index in [0.29, 0.717) is 0 Å². The molecule has 0 aliphatic heterocycles. The number of hydrogen-bond acceptors (Lipinski definition) is 2. The van der Waals surface area contributed by atoms with E-state index in [2.05, 4.69) is 17.4 Å². The van der Waals surface area contributed by atoms with E-state index in [-0.39, 0.29) is 0 Å². The van der Waals surface area contributed by atoms with Crippen molar-refractivity contribution in [2.24, 2.45) is 0 Å². The molecule has 0 amide bonds.